The van der Waals surface area contributed by atoms with Gasteiger partial charge >= 0.3 is 21.1 Å². The van der Waals surface area contributed by atoms with Gasteiger partial charge in [0, 0.05) is 35.1 Å². The van der Waals surface area contributed by atoms with Crippen LogP contribution in [0.5, 0.6) is 11.5 Å². The molecule has 0 amide bonds. The maximum atomic E-state index is 6.79. The molecule has 52 heavy (non-hydrogen) atoms. The van der Waals surface area contributed by atoms with Crippen molar-refractivity contribution in [2.45, 2.75) is 138 Å². The number of aromatic nitrogens is 2. The van der Waals surface area contributed by atoms with Crippen LogP contribution in [0.3, 0.4) is 0 Å². The van der Waals surface area contributed by atoms with E-state index in [1.54, 1.807) is 0 Å². The molecule has 0 bridgehead atoms. The fourth-order valence-electron chi connectivity index (χ4n) is 8.70. The number of hydrogen-bond acceptors (Lipinski definition) is 4. The van der Waals surface area contributed by atoms with E-state index >= 15 is 0 Å². The Hall–Kier alpha value is -3.43. The smallest absolute Gasteiger partial charge is 0.503 e. The summed E-state index contributed by atoms with van der Waals surface area (Å²) in [7, 11) is 0. The fraction of sp³-hybridized carbons (Fsp3) is 0.478. The molecule has 5 nitrogen and oxygen atoms in total. The minimum absolute atomic E-state index is 0. The number of nitrogens with zero attached hydrogens (tertiary/aromatic N) is 4. The third kappa shape index (κ3) is 6.33. The Labute approximate surface area is 326 Å². The molecule has 1 fully saturated rings. The van der Waals surface area contributed by atoms with Crippen molar-refractivity contribution >= 4 is 27.6 Å². The second-order valence-corrected chi connectivity index (χ2v) is 18.0. The van der Waals surface area contributed by atoms with E-state index in [0.717, 1.165) is 39.2 Å². The molecule has 5 aromatic rings. The van der Waals surface area contributed by atoms with Crippen molar-refractivity contribution in [3.63, 3.8) is 0 Å². The van der Waals surface area contributed by atoms with Crippen LogP contribution in [0.15, 0.2) is 59.7 Å². The van der Waals surface area contributed by atoms with E-state index < -0.39 is 0 Å². The zero-order chi connectivity index (χ0) is 36.7. The molecule has 2 aliphatic rings. The summed E-state index contributed by atoms with van der Waals surface area (Å²) in [6.07, 6.45) is 8.18. The molecule has 7 rings (SSSR count). The molecule has 0 spiro atoms. The quantitative estimate of drug-likeness (QED) is 0.165. The van der Waals surface area contributed by atoms with Crippen molar-refractivity contribution in [3.8, 4) is 17.3 Å². The van der Waals surface area contributed by atoms with Gasteiger partial charge in [-0.1, -0.05) is 109 Å². The molecule has 3 aromatic carbocycles. The third-order valence-corrected chi connectivity index (χ3v) is 12.3. The number of amidine groups is 1. The van der Waals surface area contributed by atoms with Crippen molar-refractivity contribution in [1.29, 1.82) is 0 Å². The van der Waals surface area contributed by atoms with Gasteiger partial charge in [0.25, 0.3) is 0 Å². The molecular formula is C46H56N4OPt. The Morgan fingerprint density at radius 2 is 1.52 bits per heavy atom. The van der Waals surface area contributed by atoms with Crippen molar-refractivity contribution < 1.29 is 25.8 Å². The molecule has 1 atom stereocenters. The first-order valence-electron chi connectivity index (χ1n) is 19.0. The van der Waals surface area contributed by atoms with Gasteiger partial charge in [0.15, 0.2) is 0 Å². The molecule has 2 aromatic heterocycles. The van der Waals surface area contributed by atoms with Crippen LogP contribution in [0.25, 0.3) is 27.6 Å². The van der Waals surface area contributed by atoms with E-state index in [-0.39, 0.29) is 43.0 Å². The SMILES string of the molecule is Cc1ccc2c(c1)c1ccc(Oc3[c-]c(C4=N[C@](C)(C(C)(C)C)C(C)(C)N4C4CCCCC4)c(C)cc3C)[c-]c1n2-c1cc(C(C)(C)C)ccn1.[Pt+2]. The minimum Gasteiger partial charge on any atom is -0.503 e. The summed E-state index contributed by atoms with van der Waals surface area (Å²) in [5.74, 6) is 3.31. The molecule has 1 aliphatic heterocycles. The third-order valence-electron chi connectivity index (χ3n) is 12.3. The van der Waals surface area contributed by atoms with Crippen LogP contribution in [-0.2, 0) is 26.5 Å². The van der Waals surface area contributed by atoms with Crippen LogP contribution in [0.4, 0.5) is 0 Å². The number of aliphatic imine (C=N–C) groups is 1. The Bertz CT molecular complexity index is 2170. The number of benzene rings is 3. The summed E-state index contributed by atoms with van der Waals surface area (Å²) in [6.45, 7) is 27.3. The number of hydrogen-bond donors (Lipinski definition) is 0. The van der Waals surface area contributed by atoms with Gasteiger partial charge in [-0.15, -0.1) is 34.7 Å². The van der Waals surface area contributed by atoms with Crippen LogP contribution in [0.1, 0.15) is 122 Å². The van der Waals surface area contributed by atoms with Gasteiger partial charge in [-0.3, -0.25) is 0 Å². The molecule has 1 aliphatic carbocycles. The second kappa shape index (κ2) is 13.5. The van der Waals surface area contributed by atoms with E-state index in [2.05, 4.69) is 147 Å². The van der Waals surface area contributed by atoms with Gasteiger partial charge in [0.2, 0.25) is 0 Å². The molecule has 3 heterocycles. The number of ether oxygens (including phenoxy) is 1. The van der Waals surface area contributed by atoms with Crippen LogP contribution >= 0.6 is 0 Å². The summed E-state index contributed by atoms with van der Waals surface area (Å²) in [5.41, 5.74) is 7.27. The van der Waals surface area contributed by atoms with Crippen molar-refractivity contribution in [2.24, 2.45) is 10.4 Å². The van der Waals surface area contributed by atoms with E-state index in [1.807, 2.05) is 12.3 Å². The molecule has 1 saturated carbocycles. The Balaban J connectivity index is 0.00000464. The van der Waals surface area contributed by atoms with E-state index in [4.69, 9.17) is 14.7 Å². The van der Waals surface area contributed by atoms with E-state index in [1.165, 1.54) is 54.2 Å². The summed E-state index contributed by atoms with van der Waals surface area (Å²) in [5, 5.41) is 2.31. The minimum atomic E-state index is -0.290. The van der Waals surface area contributed by atoms with Gasteiger partial charge in [-0.25, -0.2) is 4.98 Å². The molecular weight excluding hydrogens is 820 g/mol. The number of fused-ring (bicyclic) bond motifs is 3. The molecule has 276 valence electrons. The first kappa shape index (κ1) is 38.3. The van der Waals surface area contributed by atoms with Crippen LogP contribution in [-0.4, -0.2) is 37.4 Å². The summed E-state index contributed by atoms with van der Waals surface area (Å²) >= 11 is 0. The van der Waals surface area contributed by atoms with Gasteiger partial charge in [0.1, 0.15) is 5.82 Å². The molecule has 0 radical (unpaired) electrons. The second-order valence-electron chi connectivity index (χ2n) is 18.0. The maximum Gasteiger partial charge on any atom is 2.00 e. The predicted octanol–water partition coefficient (Wildman–Crippen LogP) is 11.8. The number of rotatable bonds is 5. The fourth-order valence-corrected chi connectivity index (χ4v) is 8.70. The molecule has 0 N–H and O–H groups in total. The topological polar surface area (TPSA) is 42.6 Å². The number of pyridine rings is 1. The molecule has 6 heteroatoms. The van der Waals surface area contributed by atoms with Crippen LogP contribution < -0.4 is 4.74 Å². The predicted molar refractivity (Wildman–Crippen MR) is 213 cm³/mol. The Kier molecular flexibility index (Phi) is 9.91. The van der Waals surface area contributed by atoms with E-state index in [0.29, 0.717) is 17.5 Å². The van der Waals surface area contributed by atoms with Gasteiger partial charge in [-0.05, 0) is 80.5 Å². The maximum absolute atomic E-state index is 6.79. The first-order chi connectivity index (χ1) is 23.9. The van der Waals surface area contributed by atoms with Crippen molar-refractivity contribution in [3.05, 3.63) is 94.7 Å². The van der Waals surface area contributed by atoms with Crippen molar-refractivity contribution in [1.82, 2.24) is 14.5 Å². The normalized spacial score (nSPS) is 19.6. The Morgan fingerprint density at radius 1 is 0.808 bits per heavy atom. The van der Waals surface area contributed by atoms with Crippen LogP contribution in [0.2, 0.25) is 0 Å². The molecule has 0 saturated heterocycles. The largest absolute Gasteiger partial charge is 2.00 e. The monoisotopic (exact) mass is 875 g/mol. The van der Waals surface area contributed by atoms with Gasteiger partial charge in [0.05, 0.1) is 11.1 Å². The average Bonchev–Trinajstić information content (AvgIpc) is 3.49. The zero-order valence-corrected chi connectivity index (χ0v) is 35.6. The number of aryl methyl sites for hydroxylation is 3. The summed E-state index contributed by atoms with van der Waals surface area (Å²) in [6, 6.07) is 25.3. The van der Waals surface area contributed by atoms with Crippen LogP contribution in [0, 0.1) is 38.3 Å². The Morgan fingerprint density at radius 3 is 2.19 bits per heavy atom. The molecule has 0 unspecified atom stereocenters. The zero-order valence-electron chi connectivity index (χ0n) is 33.3. The van der Waals surface area contributed by atoms with E-state index in [9.17, 15) is 0 Å². The first-order valence-corrected chi connectivity index (χ1v) is 19.0. The van der Waals surface area contributed by atoms with Gasteiger partial charge < -0.3 is 19.2 Å². The average molecular weight is 876 g/mol. The summed E-state index contributed by atoms with van der Waals surface area (Å²) in [4.78, 5) is 13.2. The van der Waals surface area contributed by atoms with Gasteiger partial charge in [-0.2, -0.15) is 6.07 Å². The summed E-state index contributed by atoms with van der Waals surface area (Å²) < 4.78 is 9.02. The standard InChI is InChI=1S/C46H56N4O.Pt/c1-29-18-21-38-37(24-29)35-20-19-34(27-39(35)49(38)41-26-32(22-23-47-41)43(4,5)6)51-40-28-36(30(2)25-31(40)3)42-48-46(12,44(7,8)9)45(10,11)50(42)33-16-14-13-15-17-33;/h18-26,33H,13-17H2,1-12H3;/q-2;+2/t46-;/m1./s1. The van der Waals surface area contributed by atoms with Crippen molar-refractivity contribution in [2.75, 3.05) is 0 Å².